The number of hydrogen-bond acceptors (Lipinski definition) is 4. The van der Waals surface area contributed by atoms with Crippen LogP contribution < -0.4 is 10.1 Å². The SMILES string of the molecule is Cc1ccccc1OCCCC(=O)NC1(C(=O)O)CCOCC1. The molecule has 0 unspecified atom stereocenters. The number of benzene rings is 1. The number of para-hydroxylation sites is 1. The average molecular weight is 321 g/mol. The molecule has 0 radical (unpaired) electrons. The fourth-order valence-corrected chi connectivity index (χ4v) is 2.57. The maximum atomic E-state index is 12.0. The molecule has 126 valence electrons. The molecule has 6 heteroatoms. The molecule has 1 aromatic rings. The van der Waals surface area contributed by atoms with Crippen LogP contribution in [0.2, 0.25) is 0 Å². The van der Waals surface area contributed by atoms with E-state index in [-0.39, 0.29) is 12.3 Å². The minimum atomic E-state index is -1.19. The molecular formula is C17H23NO5. The van der Waals surface area contributed by atoms with Gasteiger partial charge in [0.05, 0.1) is 6.61 Å². The molecule has 1 aliphatic rings. The number of nitrogens with one attached hydrogen (secondary N) is 1. The highest BCUT2D eigenvalue weighted by molar-refractivity contribution is 5.87. The molecule has 0 spiro atoms. The third-order valence-corrected chi connectivity index (χ3v) is 4.03. The van der Waals surface area contributed by atoms with Gasteiger partial charge in [-0.05, 0) is 25.0 Å². The molecule has 2 N–H and O–H groups in total. The molecule has 6 nitrogen and oxygen atoms in total. The maximum absolute atomic E-state index is 12.0. The third-order valence-electron chi connectivity index (χ3n) is 4.03. The minimum absolute atomic E-state index is 0.238. The normalized spacial score (nSPS) is 16.6. The average Bonchev–Trinajstić information content (AvgIpc) is 2.54. The Balaban J connectivity index is 1.76. The topological polar surface area (TPSA) is 84.9 Å². The van der Waals surface area contributed by atoms with E-state index in [2.05, 4.69) is 5.32 Å². The molecule has 0 atom stereocenters. The highest BCUT2D eigenvalue weighted by atomic mass is 16.5. The lowest BCUT2D eigenvalue weighted by atomic mass is 9.90. The molecule has 1 amide bonds. The van der Waals surface area contributed by atoms with E-state index in [1.165, 1.54) is 0 Å². The second-order valence-corrected chi connectivity index (χ2v) is 5.77. The van der Waals surface area contributed by atoms with Gasteiger partial charge in [-0.2, -0.15) is 0 Å². The maximum Gasteiger partial charge on any atom is 0.329 e. The molecular weight excluding hydrogens is 298 g/mol. The highest BCUT2D eigenvalue weighted by Gasteiger charge is 2.41. The summed E-state index contributed by atoms with van der Waals surface area (Å²) in [4.78, 5) is 23.5. The first kappa shape index (κ1) is 17.3. The molecule has 2 rings (SSSR count). The molecule has 1 aromatic carbocycles. The van der Waals surface area contributed by atoms with Crippen LogP contribution in [0, 0.1) is 6.92 Å². The van der Waals surface area contributed by atoms with E-state index in [4.69, 9.17) is 9.47 Å². The van der Waals surface area contributed by atoms with Gasteiger partial charge in [-0.15, -0.1) is 0 Å². The van der Waals surface area contributed by atoms with Crippen LogP contribution in [0.4, 0.5) is 0 Å². The first-order valence-electron chi connectivity index (χ1n) is 7.84. The first-order chi connectivity index (χ1) is 11.0. The largest absolute Gasteiger partial charge is 0.493 e. The van der Waals surface area contributed by atoms with Crippen molar-refractivity contribution < 1.29 is 24.2 Å². The van der Waals surface area contributed by atoms with Crippen LogP contribution in [-0.4, -0.2) is 42.3 Å². The van der Waals surface area contributed by atoms with Gasteiger partial charge in [0.2, 0.25) is 5.91 Å². The molecule has 0 saturated carbocycles. The Morgan fingerprint density at radius 3 is 2.65 bits per heavy atom. The Morgan fingerprint density at radius 2 is 2.00 bits per heavy atom. The fraction of sp³-hybridized carbons (Fsp3) is 0.529. The number of carboxylic acid groups (broad SMARTS) is 1. The van der Waals surface area contributed by atoms with Crippen molar-refractivity contribution in [1.29, 1.82) is 0 Å². The van der Waals surface area contributed by atoms with Crippen molar-refractivity contribution >= 4 is 11.9 Å². The van der Waals surface area contributed by atoms with Crippen LogP contribution in [0.5, 0.6) is 5.75 Å². The lowest BCUT2D eigenvalue weighted by Gasteiger charge is -2.33. The summed E-state index contributed by atoms with van der Waals surface area (Å²) in [6.07, 6.45) is 1.37. The summed E-state index contributed by atoms with van der Waals surface area (Å²) in [5.41, 5.74) is -0.143. The minimum Gasteiger partial charge on any atom is -0.493 e. The van der Waals surface area contributed by atoms with Gasteiger partial charge < -0.3 is 19.9 Å². The number of amides is 1. The molecule has 1 saturated heterocycles. The van der Waals surface area contributed by atoms with Crippen LogP contribution in [0.15, 0.2) is 24.3 Å². The van der Waals surface area contributed by atoms with Crippen molar-refractivity contribution in [1.82, 2.24) is 5.32 Å². The number of carbonyl (C=O) groups excluding carboxylic acids is 1. The van der Waals surface area contributed by atoms with E-state index >= 15 is 0 Å². The van der Waals surface area contributed by atoms with Crippen molar-refractivity contribution in [2.24, 2.45) is 0 Å². The van der Waals surface area contributed by atoms with Gasteiger partial charge in [-0.25, -0.2) is 4.79 Å². The van der Waals surface area contributed by atoms with Crippen molar-refractivity contribution in [2.45, 2.75) is 38.1 Å². The number of aryl methyl sites for hydroxylation is 1. The van der Waals surface area contributed by atoms with Gasteiger partial charge >= 0.3 is 5.97 Å². The van der Waals surface area contributed by atoms with Gasteiger partial charge in [-0.1, -0.05) is 18.2 Å². The summed E-state index contributed by atoms with van der Waals surface area (Å²) in [6, 6.07) is 7.69. The first-order valence-corrected chi connectivity index (χ1v) is 7.84. The van der Waals surface area contributed by atoms with E-state index in [0.29, 0.717) is 39.1 Å². The summed E-state index contributed by atoms with van der Waals surface area (Å²) >= 11 is 0. The van der Waals surface area contributed by atoms with E-state index < -0.39 is 11.5 Å². The molecule has 23 heavy (non-hydrogen) atoms. The Bertz CT molecular complexity index is 552. The predicted octanol–water partition coefficient (Wildman–Crippen LogP) is 1.90. The predicted molar refractivity (Wildman–Crippen MR) is 84.5 cm³/mol. The Morgan fingerprint density at radius 1 is 1.30 bits per heavy atom. The Hall–Kier alpha value is -2.08. The van der Waals surface area contributed by atoms with E-state index in [1.54, 1.807) is 0 Å². The van der Waals surface area contributed by atoms with Gasteiger partial charge in [0.1, 0.15) is 11.3 Å². The lowest BCUT2D eigenvalue weighted by molar-refractivity contribution is -0.152. The molecule has 0 aromatic heterocycles. The molecule has 0 bridgehead atoms. The third kappa shape index (κ3) is 4.69. The number of hydrogen-bond donors (Lipinski definition) is 2. The zero-order chi connectivity index (χ0) is 16.7. The van der Waals surface area contributed by atoms with E-state index in [9.17, 15) is 14.7 Å². The summed E-state index contributed by atoms with van der Waals surface area (Å²) in [7, 11) is 0. The molecule has 1 heterocycles. The number of carbonyl (C=O) groups is 2. The number of carboxylic acids is 1. The lowest BCUT2D eigenvalue weighted by Crippen LogP contribution is -2.57. The Labute approximate surface area is 135 Å². The monoisotopic (exact) mass is 321 g/mol. The zero-order valence-corrected chi connectivity index (χ0v) is 13.3. The van der Waals surface area contributed by atoms with Crippen LogP contribution in [0.3, 0.4) is 0 Å². The summed E-state index contributed by atoms with van der Waals surface area (Å²) in [5.74, 6) is -0.452. The standard InChI is InChI=1S/C17H23NO5/c1-13-5-2-3-6-14(13)23-10-4-7-15(19)18-17(16(20)21)8-11-22-12-9-17/h2-3,5-6H,4,7-12H2,1H3,(H,18,19)(H,20,21). The fourth-order valence-electron chi connectivity index (χ4n) is 2.57. The zero-order valence-electron chi connectivity index (χ0n) is 13.3. The number of ether oxygens (including phenoxy) is 2. The number of rotatable bonds is 7. The molecule has 1 fully saturated rings. The highest BCUT2D eigenvalue weighted by Crippen LogP contribution is 2.21. The van der Waals surface area contributed by atoms with E-state index in [0.717, 1.165) is 11.3 Å². The number of aliphatic carboxylic acids is 1. The van der Waals surface area contributed by atoms with Crippen molar-refractivity contribution in [2.75, 3.05) is 19.8 Å². The summed E-state index contributed by atoms with van der Waals surface area (Å²) in [5, 5.41) is 12.1. The van der Waals surface area contributed by atoms with E-state index in [1.807, 2.05) is 31.2 Å². The Kier molecular flexibility index (Phi) is 5.98. The van der Waals surface area contributed by atoms with Gasteiger partial charge in [0.25, 0.3) is 0 Å². The van der Waals surface area contributed by atoms with Crippen molar-refractivity contribution in [3.8, 4) is 5.75 Å². The second kappa shape index (κ2) is 7.97. The molecule has 1 aliphatic heterocycles. The van der Waals surface area contributed by atoms with Gasteiger partial charge in [-0.3, -0.25) is 4.79 Å². The molecule has 0 aliphatic carbocycles. The van der Waals surface area contributed by atoms with Crippen LogP contribution in [0.1, 0.15) is 31.2 Å². The second-order valence-electron chi connectivity index (χ2n) is 5.77. The quantitative estimate of drug-likeness (QED) is 0.749. The van der Waals surface area contributed by atoms with Gasteiger partial charge in [0.15, 0.2) is 0 Å². The van der Waals surface area contributed by atoms with Crippen molar-refractivity contribution in [3.05, 3.63) is 29.8 Å². The summed E-state index contributed by atoms with van der Waals surface area (Å²) < 4.78 is 10.8. The van der Waals surface area contributed by atoms with Crippen LogP contribution in [0.25, 0.3) is 0 Å². The van der Waals surface area contributed by atoms with Gasteiger partial charge in [0, 0.05) is 32.5 Å². The summed E-state index contributed by atoms with van der Waals surface area (Å²) in [6.45, 7) is 3.08. The van der Waals surface area contributed by atoms with Crippen LogP contribution in [-0.2, 0) is 14.3 Å². The smallest absolute Gasteiger partial charge is 0.329 e. The van der Waals surface area contributed by atoms with Crippen molar-refractivity contribution in [3.63, 3.8) is 0 Å². The van der Waals surface area contributed by atoms with Crippen LogP contribution >= 0.6 is 0 Å².